The summed E-state index contributed by atoms with van der Waals surface area (Å²) in [4.78, 5) is 4.91. The fourth-order valence-electron chi connectivity index (χ4n) is 2.57. The Morgan fingerprint density at radius 2 is 1.25 bits per heavy atom. The minimum Gasteiger partial charge on any atom is -0.309 e. The molecular formula is C16H39N3S. The third-order valence-corrected chi connectivity index (χ3v) is 5.41. The average Bonchev–Trinajstić information content (AvgIpc) is 2.30. The molecule has 0 aliphatic rings. The zero-order valence-corrected chi connectivity index (χ0v) is 16.1. The molecule has 0 saturated heterocycles. The van der Waals surface area contributed by atoms with Gasteiger partial charge in [0.05, 0.1) is 0 Å². The summed E-state index contributed by atoms with van der Waals surface area (Å²) in [6, 6.07) is 1.34. The minimum absolute atomic E-state index is 0.0390. The van der Waals surface area contributed by atoms with Gasteiger partial charge in [0.15, 0.2) is 0 Å². The Bertz CT molecular complexity index is 222. The van der Waals surface area contributed by atoms with Gasteiger partial charge < -0.3 is 9.80 Å². The molecule has 0 radical (unpaired) electrons. The van der Waals surface area contributed by atoms with E-state index in [1.807, 2.05) is 0 Å². The van der Waals surface area contributed by atoms with E-state index < -0.39 is 0 Å². The standard InChI is InChI=1S/C16H39N3S/c1-15(2)18(12-9-11-17(5)6)13-10-14-19(16(3)4)20(7)8/h15-16,20H,9-14H2,1-8H3. The van der Waals surface area contributed by atoms with Crippen molar-refractivity contribution in [1.29, 1.82) is 0 Å². The molecule has 4 heteroatoms. The monoisotopic (exact) mass is 305 g/mol. The Morgan fingerprint density at radius 1 is 0.750 bits per heavy atom. The molecule has 0 unspecified atom stereocenters. The smallest absolute Gasteiger partial charge is 0.0128 e. The molecule has 124 valence electrons. The van der Waals surface area contributed by atoms with E-state index in [1.54, 1.807) is 0 Å². The predicted molar refractivity (Wildman–Crippen MR) is 97.2 cm³/mol. The minimum atomic E-state index is 0.0390. The molecule has 0 N–H and O–H groups in total. The molecule has 20 heavy (non-hydrogen) atoms. The Kier molecular flexibility index (Phi) is 11.0. The number of nitrogens with zero attached hydrogens (tertiary/aromatic N) is 3. The van der Waals surface area contributed by atoms with E-state index in [0.29, 0.717) is 12.1 Å². The van der Waals surface area contributed by atoms with Crippen LogP contribution >= 0.6 is 11.1 Å². The molecule has 0 atom stereocenters. The Morgan fingerprint density at radius 3 is 1.60 bits per heavy atom. The van der Waals surface area contributed by atoms with Crippen molar-refractivity contribution in [3.63, 3.8) is 0 Å². The average molecular weight is 306 g/mol. The van der Waals surface area contributed by atoms with Crippen LogP contribution in [-0.4, -0.2) is 79.0 Å². The first-order chi connectivity index (χ1) is 9.25. The second-order valence-electron chi connectivity index (χ2n) is 6.74. The highest BCUT2D eigenvalue weighted by atomic mass is 32.2. The van der Waals surface area contributed by atoms with E-state index in [0.717, 1.165) is 0 Å². The van der Waals surface area contributed by atoms with Gasteiger partial charge in [0.25, 0.3) is 0 Å². The van der Waals surface area contributed by atoms with Crippen LogP contribution < -0.4 is 0 Å². The largest absolute Gasteiger partial charge is 0.309 e. The molecule has 0 bridgehead atoms. The highest BCUT2D eigenvalue weighted by Gasteiger charge is 2.13. The first kappa shape index (κ1) is 20.2. The van der Waals surface area contributed by atoms with Crippen LogP contribution in [0.25, 0.3) is 0 Å². The number of hydrogen-bond acceptors (Lipinski definition) is 3. The van der Waals surface area contributed by atoms with Crippen molar-refractivity contribution in [3.8, 4) is 0 Å². The Balaban J connectivity index is 4.07. The van der Waals surface area contributed by atoms with Crippen LogP contribution in [0.5, 0.6) is 0 Å². The maximum Gasteiger partial charge on any atom is 0.0128 e. The normalized spacial score (nSPS) is 13.3. The molecule has 0 aromatic heterocycles. The lowest BCUT2D eigenvalue weighted by Gasteiger charge is -2.34. The molecule has 0 spiro atoms. The van der Waals surface area contributed by atoms with Crippen molar-refractivity contribution < 1.29 is 0 Å². The highest BCUT2D eigenvalue weighted by Crippen LogP contribution is 2.24. The van der Waals surface area contributed by atoms with Crippen LogP contribution in [0, 0.1) is 0 Å². The maximum absolute atomic E-state index is 2.66. The third-order valence-electron chi connectivity index (χ3n) is 3.72. The van der Waals surface area contributed by atoms with Gasteiger partial charge in [-0.25, -0.2) is 11.1 Å². The molecule has 0 heterocycles. The summed E-state index contributed by atoms with van der Waals surface area (Å²) in [6.45, 7) is 14.2. The quantitative estimate of drug-likeness (QED) is 0.588. The van der Waals surface area contributed by atoms with Crippen LogP contribution in [-0.2, 0) is 0 Å². The van der Waals surface area contributed by atoms with E-state index in [4.69, 9.17) is 0 Å². The molecular weight excluding hydrogens is 266 g/mol. The third kappa shape index (κ3) is 9.22. The second-order valence-corrected chi connectivity index (χ2v) is 8.95. The summed E-state index contributed by atoms with van der Waals surface area (Å²) in [5, 5.41) is 0. The van der Waals surface area contributed by atoms with Gasteiger partial charge in [0.1, 0.15) is 0 Å². The second kappa shape index (κ2) is 10.9. The fourth-order valence-corrected chi connectivity index (χ4v) is 4.04. The van der Waals surface area contributed by atoms with Crippen LogP contribution in [0.4, 0.5) is 0 Å². The van der Waals surface area contributed by atoms with Gasteiger partial charge >= 0.3 is 0 Å². The number of hydrogen-bond donors (Lipinski definition) is 1. The van der Waals surface area contributed by atoms with Gasteiger partial charge in [-0.05, 0) is 86.8 Å². The summed E-state index contributed by atoms with van der Waals surface area (Å²) < 4.78 is 2.66. The first-order valence-corrected chi connectivity index (χ1v) is 10.3. The fraction of sp³-hybridized carbons (Fsp3) is 1.00. The van der Waals surface area contributed by atoms with E-state index in [-0.39, 0.29) is 11.1 Å². The lowest BCUT2D eigenvalue weighted by Crippen LogP contribution is -2.36. The number of rotatable bonds is 11. The topological polar surface area (TPSA) is 9.72 Å². The zero-order valence-electron chi connectivity index (χ0n) is 15.2. The molecule has 3 nitrogen and oxygen atoms in total. The van der Waals surface area contributed by atoms with E-state index in [9.17, 15) is 0 Å². The van der Waals surface area contributed by atoms with E-state index in [1.165, 1.54) is 39.0 Å². The molecule has 0 aromatic carbocycles. The number of thiol groups is 1. The molecule has 0 saturated carbocycles. The maximum atomic E-state index is 2.66. The lowest BCUT2D eigenvalue weighted by atomic mass is 10.2. The van der Waals surface area contributed by atoms with Crippen LogP contribution in [0.3, 0.4) is 0 Å². The van der Waals surface area contributed by atoms with Crippen molar-refractivity contribution in [2.45, 2.75) is 52.6 Å². The van der Waals surface area contributed by atoms with Gasteiger partial charge in [-0.1, -0.05) is 0 Å². The summed E-state index contributed by atoms with van der Waals surface area (Å²) in [5.74, 6) is 0. The summed E-state index contributed by atoms with van der Waals surface area (Å²) in [5.41, 5.74) is 0. The first-order valence-electron chi connectivity index (χ1n) is 8.08. The summed E-state index contributed by atoms with van der Waals surface area (Å²) in [6.07, 6.45) is 7.30. The van der Waals surface area contributed by atoms with E-state index >= 15 is 0 Å². The zero-order chi connectivity index (χ0) is 15.7. The lowest BCUT2D eigenvalue weighted by molar-refractivity contribution is 0.200. The van der Waals surface area contributed by atoms with Crippen molar-refractivity contribution >= 4 is 11.1 Å². The molecule has 0 aliphatic carbocycles. The molecule has 0 amide bonds. The molecule has 0 aromatic rings. The van der Waals surface area contributed by atoms with Crippen LogP contribution in [0.2, 0.25) is 0 Å². The Hall–Kier alpha value is 0.230. The van der Waals surface area contributed by atoms with Crippen molar-refractivity contribution in [1.82, 2.24) is 14.1 Å². The predicted octanol–water partition coefficient (Wildman–Crippen LogP) is 2.92. The molecule has 0 fully saturated rings. The van der Waals surface area contributed by atoms with Crippen LogP contribution in [0.15, 0.2) is 0 Å². The SMILES string of the molecule is CC(C)N(CCCN(C)C)CCCN(C(C)C)[SH](C)C. The highest BCUT2D eigenvalue weighted by molar-refractivity contribution is 8.13. The van der Waals surface area contributed by atoms with Crippen molar-refractivity contribution in [3.05, 3.63) is 0 Å². The molecule has 0 rings (SSSR count). The van der Waals surface area contributed by atoms with Gasteiger partial charge in [-0.2, -0.15) is 0 Å². The van der Waals surface area contributed by atoms with Gasteiger partial charge in [0.2, 0.25) is 0 Å². The summed E-state index contributed by atoms with van der Waals surface area (Å²) in [7, 11) is 4.32. The van der Waals surface area contributed by atoms with Crippen LogP contribution in [0.1, 0.15) is 40.5 Å². The molecule has 0 aliphatic heterocycles. The van der Waals surface area contributed by atoms with Crippen molar-refractivity contribution in [2.24, 2.45) is 0 Å². The van der Waals surface area contributed by atoms with Gasteiger partial charge in [-0.15, -0.1) is 0 Å². The van der Waals surface area contributed by atoms with E-state index in [2.05, 4.69) is 68.4 Å². The summed E-state index contributed by atoms with van der Waals surface area (Å²) >= 11 is 0.0390. The van der Waals surface area contributed by atoms with Gasteiger partial charge in [-0.3, -0.25) is 4.31 Å². The Labute approximate surface area is 131 Å². The van der Waals surface area contributed by atoms with Gasteiger partial charge in [0, 0.05) is 18.6 Å². The van der Waals surface area contributed by atoms with Crippen molar-refractivity contribution in [2.75, 3.05) is 52.8 Å².